The van der Waals surface area contributed by atoms with Crippen molar-refractivity contribution < 1.29 is 4.52 Å². The monoisotopic (exact) mass is 171 g/mol. The van der Waals surface area contributed by atoms with Crippen molar-refractivity contribution in [2.75, 3.05) is 0 Å². The molecule has 2 nitrogen and oxygen atoms in total. The molecule has 0 spiro atoms. The zero-order valence-corrected chi connectivity index (χ0v) is 7.19. The van der Waals surface area contributed by atoms with Gasteiger partial charge < -0.3 is 4.52 Å². The number of nitrogens with zero attached hydrogens (tertiary/aromatic N) is 1. The van der Waals surface area contributed by atoms with E-state index in [0.717, 1.165) is 11.3 Å². The zero-order valence-electron chi connectivity index (χ0n) is 6.43. The van der Waals surface area contributed by atoms with Crippen LogP contribution in [0.2, 0.25) is 0 Å². The largest absolute Gasteiger partial charge is 0.360 e. The van der Waals surface area contributed by atoms with Crippen LogP contribution in [0.4, 0.5) is 0 Å². The Bertz CT molecular complexity index is 265. The lowest BCUT2D eigenvalue weighted by Crippen LogP contribution is -2.00. The van der Waals surface area contributed by atoms with Crippen molar-refractivity contribution >= 4 is 11.6 Å². The van der Waals surface area contributed by atoms with Gasteiger partial charge in [-0.2, -0.15) is 0 Å². The molecule has 1 saturated carbocycles. The van der Waals surface area contributed by atoms with E-state index >= 15 is 0 Å². The van der Waals surface area contributed by atoms with Gasteiger partial charge in [0, 0.05) is 11.0 Å². The molecule has 0 unspecified atom stereocenters. The molecular weight excluding hydrogens is 162 g/mol. The van der Waals surface area contributed by atoms with E-state index in [0.29, 0.717) is 5.88 Å². The third kappa shape index (κ3) is 1.06. The average Bonchev–Trinajstić information content (AvgIpc) is 2.61. The van der Waals surface area contributed by atoms with E-state index in [4.69, 9.17) is 16.1 Å². The molecule has 1 aromatic rings. The Morgan fingerprint density at radius 3 is 3.00 bits per heavy atom. The maximum absolute atomic E-state index is 5.71. The first-order chi connectivity index (χ1) is 5.26. The third-order valence-electron chi connectivity index (χ3n) is 2.34. The normalized spacial score (nSPS) is 20.2. The van der Waals surface area contributed by atoms with E-state index in [9.17, 15) is 0 Å². The van der Waals surface area contributed by atoms with Crippen LogP contribution >= 0.6 is 11.6 Å². The third-order valence-corrected chi connectivity index (χ3v) is 2.62. The van der Waals surface area contributed by atoms with Crippen LogP contribution in [0.5, 0.6) is 0 Å². The Labute approximate surface area is 70.5 Å². The molecule has 1 aromatic heterocycles. The van der Waals surface area contributed by atoms with Crippen molar-refractivity contribution in [3.8, 4) is 0 Å². The van der Waals surface area contributed by atoms with Crippen LogP contribution in [0.3, 0.4) is 0 Å². The number of alkyl halides is 1. The number of aromatic nitrogens is 1. The quantitative estimate of drug-likeness (QED) is 0.639. The first-order valence-corrected chi connectivity index (χ1v) is 4.30. The number of hydrogen-bond donors (Lipinski definition) is 0. The SMILES string of the molecule is CC1(c2oncc2CCl)CC1. The molecule has 60 valence electrons. The topological polar surface area (TPSA) is 26.0 Å². The van der Waals surface area contributed by atoms with Crippen LogP contribution in [0.1, 0.15) is 31.1 Å². The molecule has 11 heavy (non-hydrogen) atoms. The summed E-state index contributed by atoms with van der Waals surface area (Å²) in [5.41, 5.74) is 1.30. The molecule has 0 aliphatic heterocycles. The Morgan fingerprint density at radius 1 is 1.73 bits per heavy atom. The Hall–Kier alpha value is -0.500. The van der Waals surface area contributed by atoms with Crippen LogP contribution < -0.4 is 0 Å². The first kappa shape index (κ1) is 7.17. The fraction of sp³-hybridized carbons (Fsp3) is 0.625. The Kier molecular flexibility index (Phi) is 1.46. The van der Waals surface area contributed by atoms with Gasteiger partial charge in [0.05, 0.1) is 12.1 Å². The standard InChI is InChI=1S/C8H10ClNO/c1-8(2-3-8)7-6(4-9)5-10-11-7/h5H,2-4H2,1H3. The van der Waals surface area contributed by atoms with Crippen molar-refractivity contribution in [1.29, 1.82) is 0 Å². The molecule has 0 amide bonds. The summed E-state index contributed by atoms with van der Waals surface area (Å²) in [7, 11) is 0. The van der Waals surface area contributed by atoms with Gasteiger partial charge in [-0.05, 0) is 12.8 Å². The molecule has 3 heteroatoms. The molecule has 0 saturated heterocycles. The second-order valence-corrected chi connectivity index (χ2v) is 3.64. The fourth-order valence-corrected chi connectivity index (χ4v) is 1.46. The molecule has 0 N–H and O–H groups in total. The maximum atomic E-state index is 5.71. The van der Waals surface area contributed by atoms with Crippen LogP contribution in [0.15, 0.2) is 10.7 Å². The van der Waals surface area contributed by atoms with Crippen molar-refractivity contribution in [2.45, 2.75) is 31.1 Å². The summed E-state index contributed by atoms with van der Waals surface area (Å²) in [5, 5.41) is 3.74. The van der Waals surface area contributed by atoms with Crippen molar-refractivity contribution in [3.05, 3.63) is 17.5 Å². The first-order valence-electron chi connectivity index (χ1n) is 3.76. The molecule has 0 atom stereocenters. The van der Waals surface area contributed by atoms with E-state index in [-0.39, 0.29) is 5.41 Å². The minimum absolute atomic E-state index is 0.251. The van der Waals surface area contributed by atoms with E-state index in [1.807, 2.05) is 0 Å². The van der Waals surface area contributed by atoms with Crippen molar-refractivity contribution in [2.24, 2.45) is 0 Å². The van der Waals surface area contributed by atoms with Gasteiger partial charge in [-0.3, -0.25) is 0 Å². The summed E-state index contributed by atoms with van der Waals surface area (Å²) in [6.07, 6.45) is 4.12. The van der Waals surface area contributed by atoms with Gasteiger partial charge in [0.1, 0.15) is 5.76 Å². The second kappa shape index (κ2) is 2.24. The van der Waals surface area contributed by atoms with E-state index in [1.165, 1.54) is 12.8 Å². The summed E-state index contributed by atoms with van der Waals surface area (Å²) >= 11 is 5.71. The minimum Gasteiger partial charge on any atom is -0.360 e. The highest BCUT2D eigenvalue weighted by Crippen LogP contribution is 2.48. The molecule has 0 aromatic carbocycles. The highest BCUT2D eigenvalue weighted by atomic mass is 35.5. The maximum Gasteiger partial charge on any atom is 0.146 e. The predicted octanol–water partition coefficient (Wildman–Crippen LogP) is 2.46. The van der Waals surface area contributed by atoms with Gasteiger partial charge in [-0.15, -0.1) is 11.6 Å². The highest BCUT2D eigenvalue weighted by Gasteiger charge is 2.44. The average molecular weight is 172 g/mol. The minimum atomic E-state index is 0.251. The van der Waals surface area contributed by atoms with Crippen LogP contribution in [0.25, 0.3) is 0 Å². The zero-order chi connectivity index (χ0) is 7.90. The van der Waals surface area contributed by atoms with E-state index in [1.54, 1.807) is 6.20 Å². The molecule has 1 fully saturated rings. The predicted molar refractivity (Wildman–Crippen MR) is 42.6 cm³/mol. The number of halogens is 1. The lowest BCUT2D eigenvalue weighted by atomic mass is 10.0. The lowest BCUT2D eigenvalue weighted by Gasteiger charge is -2.02. The molecule has 1 aliphatic rings. The molecular formula is C8H10ClNO. The van der Waals surface area contributed by atoms with Gasteiger partial charge in [0.25, 0.3) is 0 Å². The summed E-state index contributed by atoms with van der Waals surface area (Å²) in [4.78, 5) is 0. The van der Waals surface area contributed by atoms with E-state index < -0.39 is 0 Å². The highest BCUT2D eigenvalue weighted by molar-refractivity contribution is 6.17. The van der Waals surface area contributed by atoms with Crippen molar-refractivity contribution in [1.82, 2.24) is 5.16 Å². The van der Waals surface area contributed by atoms with Crippen LogP contribution in [0, 0.1) is 0 Å². The van der Waals surface area contributed by atoms with Gasteiger partial charge in [0.2, 0.25) is 0 Å². The lowest BCUT2D eigenvalue weighted by molar-refractivity contribution is 0.358. The Balaban J connectivity index is 2.36. The van der Waals surface area contributed by atoms with Gasteiger partial charge in [-0.25, -0.2) is 0 Å². The molecule has 0 bridgehead atoms. The number of hydrogen-bond acceptors (Lipinski definition) is 2. The molecule has 1 heterocycles. The number of rotatable bonds is 2. The van der Waals surface area contributed by atoms with Gasteiger partial charge in [-0.1, -0.05) is 12.1 Å². The Morgan fingerprint density at radius 2 is 2.45 bits per heavy atom. The molecule has 1 aliphatic carbocycles. The van der Waals surface area contributed by atoms with Gasteiger partial charge in [0.15, 0.2) is 0 Å². The molecule has 0 radical (unpaired) electrons. The van der Waals surface area contributed by atoms with E-state index in [2.05, 4.69) is 12.1 Å². The van der Waals surface area contributed by atoms with Crippen LogP contribution in [-0.4, -0.2) is 5.16 Å². The fourth-order valence-electron chi connectivity index (χ4n) is 1.27. The summed E-state index contributed by atoms with van der Waals surface area (Å²) < 4.78 is 5.15. The van der Waals surface area contributed by atoms with Crippen molar-refractivity contribution in [3.63, 3.8) is 0 Å². The summed E-state index contributed by atoms with van der Waals surface area (Å²) in [6.45, 7) is 2.18. The second-order valence-electron chi connectivity index (χ2n) is 3.37. The van der Waals surface area contributed by atoms with Crippen LogP contribution in [-0.2, 0) is 11.3 Å². The summed E-state index contributed by atoms with van der Waals surface area (Å²) in [6, 6.07) is 0. The van der Waals surface area contributed by atoms with Gasteiger partial charge >= 0.3 is 0 Å². The summed E-state index contributed by atoms with van der Waals surface area (Å²) in [5.74, 6) is 1.50. The smallest absolute Gasteiger partial charge is 0.146 e. The molecule has 2 rings (SSSR count).